The van der Waals surface area contributed by atoms with Gasteiger partial charge in [0.15, 0.2) is 0 Å². The van der Waals surface area contributed by atoms with Gasteiger partial charge in [0.05, 0.1) is 11.5 Å². The molecule has 2 N–H and O–H groups in total. The molecule has 0 atom stereocenters. The summed E-state index contributed by atoms with van der Waals surface area (Å²) in [6.45, 7) is 6.33. The van der Waals surface area contributed by atoms with Crippen LogP contribution in [0.5, 0.6) is 5.75 Å². The lowest BCUT2D eigenvalue weighted by Gasteiger charge is -2.11. The number of rotatable bonds is 8. The maximum Gasteiger partial charge on any atom is 0.339 e. The lowest BCUT2D eigenvalue weighted by molar-refractivity contribution is 0.0692. The zero-order chi connectivity index (χ0) is 16.0. The van der Waals surface area contributed by atoms with Crippen LogP contribution in [0.25, 0.3) is 0 Å². The van der Waals surface area contributed by atoms with Crippen molar-refractivity contribution >= 4 is 16.0 Å². The highest BCUT2D eigenvalue weighted by atomic mass is 32.2. The minimum absolute atomic E-state index is 0.0768. The molecule has 0 fully saturated rings. The Labute approximate surface area is 125 Å². The number of sulfonamides is 1. The smallest absolute Gasteiger partial charge is 0.339 e. The molecule has 0 heterocycles. The standard InChI is InChI=1S/C14H21NO5S/c1-4-20-13-6-5-11(9-12(13)14(16)17)21(18,19)15-8-7-10(2)3/h5-6,9-10,15H,4,7-8H2,1-3H3,(H,16,17). The summed E-state index contributed by atoms with van der Waals surface area (Å²) in [5.41, 5.74) is -0.163. The van der Waals surface area contributed by atoms with Gasteiger partial charge in [-0.2, -0.15) is 0 Å². The third-order valence-corrected chi connectivity index (χ3v) is 4.26. The van der Waals surface area contributed by atoms with E-state index < -0.39 is 16.0 Å². The molecule has 0 amide bonds. The van der Waals surface area contributed by atoms with E-state index in [0.29, 0.717) is 25.5 Å². The molecule has 0 unspecified atom stereocenters. The first-order valence-corrected chi connectivity index (χ1v) is 8.26. The molecular weight excluding hydrogens is 294 g/mol. The molecule has 0 aliphatic heterocycles. The first-order valence-electron chi connectivity index (χ1n) is 6.77. The van der Waals surface area contributed by atoms with Gasteiger partial charge in [-0.3, -0.25) is 0 Å². The second-order valence-corrected chi connectivity index (χ2v) is 6.74. The Balaban J connectivity index is 3.02. The average molecular weight is 315 g/mol. The van der Waals surface area contributed by atoms with Crippen molar-refractivity contribution in [3.8, 4) is 5.75 Å². The van der Waals surface area contributed by atoms with Crippen molar-refractivity contribution in [2.24, 2.45) is 5.92 Å². The quantitative estimate of drug-likeness (QED) is 0.766. The van der Waals surface area contributed by atoms with Crippen LogP contribution in [0.15, 0.2) is 23.1 Å². The molecule has 0 bridgehead atoms. The molecule has 1 rings (SSSR count). The van der Waals surface area contributed by atoms with Crippen LogP contribution in [0.3, 0.4) is 0 Å². The number of carboxylic acids is 1. The van der Waals surface area contributed by atoms with Crippen LogP contribution in [0, 0.1) is 5.92 Å². The fourth-order valence-electron chi connectivity index (χ4n) is 1.69. The number of aromatic carboxylic acids is 1. The van der Waals surface area contributed by atoms with Crippen LogP contribution in [-0.4, -0.2) is 32.6 Å². The highest BCUT2D eigenvalue weighted by Crippen LogP contribution is 2.23. The van der Waals surface area contributed by atoms with Crippen molar-refractivity contribution < 1.29 is 23.1 Å². The summed E-state index contributed by atoms with van der Waals surface area (Å²) in [7, 11) is -3.71. The van der Waals surface area contributed by atoms with Gasteiger partial charge in [-0.15, -0.1) is 0 Å². The molecule has 21 heavy (non-hydrogen) atoms. The minimum atomic E-state index is -3.71. The topological polar surface area (TPSA) is 92.7 Å². The largest absolute Gasteiger partial charge is 0.493 e. The molecule has 0 aliphatic rings. The number of carboxylic acid groups (broad SMARTS) is 1. The first-order chi connectivity index (χ1) is 9.77. The van der Waals surface area contributed by atoms with Gasteiger partial charge in [-0.05, 0) is 37.5 Å². The van der Waals surface area contributed by atoms with E-state index in [2.05, 4.69) is 4.72 Å². The van der Waals surface area contributed by atoms with Gasteiger partial charge >= 0.3 is 5.97 Å². The van der Waals surface area contributed by atoms with E-state index in [0.717, 1.165) is 6.07 Å². The van der Waals surface area contributed by atoms with E-state index in [9.17, 15) is 13.2 Å². The van der Waals surface area contributed by atoms with Gasteiger partial charge in [0.2, 0.25) is 10.0 Å². The Bertz CT molecular complexity index is 595. The summed E-state index contributed by atoms with van der Waals surface area (Å²) in [6.07, 6.45) is 0.710. The van der Waals surface area contributed by atoms with E-state index in [1.54, 1.807) is 6.92 Å². The highest BCUT2D eigenvalue weighted by Gasteiger charge is 2.19. The van der Waals surface area contributed by atoms with Crippen molar-refractivity contribution in [1.29, 1.82) is 0 Å². The maximum absolute atomic E-state index is 12.1. The summed E-state index contributed by atoms with van der Waals surface area (Å²) in [5, 5.41) is 9.14. The van der Waals surface area contributed by atoms with E-state index in [1.807, 2.05) is 13.8 Å². The fourth-order valence-corrected chi connectivity index (χ4v) is 2.76. The van der Waals surface area contributed by atoms with E-state index >= 15 is 0 Å². The molecule has 7 heteroatoms. The van der Waals surface area contributed by atoms with Gasteiger partial charge in [-0.25, -0.2) is 17.9 Å². The third-order valence-electron chi connectivity index (χ3n) is 2.81. The second kappa shape index (κ2) is 7.42. The van der Waals surface area contributed by atoms with Crippen molar-refractivity contribution in [2.45, 2.75) is 32.1 Å². The summed E-state index contributed by atoms with van der Waals surface area (Å²) < 4.78 is 31.9. The number of hydrogen-bond acceptors (Lipinski definition) is 4. The van der Waals surface area contributed by atoms with Gasteiger partial charge < -0.3 is 9.84 Å². The molecule has 6 nitrogen and oxygen atoms in total. The van der Waals surface area contributed by atoms with Crippen LogP contribution in [0.2, 0.25) is 0 Å². The van der Waals surface area contributed by atoms with Crippen LogP contribution in [-0.2, 0) is 10.0 Å². The summed E-state index contributed by atoms with van der Waals surface area (Å²) in [4.78, 5) is 11.1. The Morgan fingerprint density at radius 2 is 2.05 bits per heavy atom. The van der Waals surface area contributed by atoms with Crippen LogP contribution in [0.4, 0.5) is 0 Å². The third kappa shape index (κ3) is 5.02. The zero-order valence-electron chi connectivity index (χ0n) is 12.4. The molecule has 1 aromatic rings. The molecule has 0 spiro atoms. The molecular formula is C14H21NO5S. The summed E-state index contributed by atoms with van der Waals surface area (Å²) >= 11 is 0. The van der Waals surface area contributed by atoms with Crippen LogP contribution in [0.1, 0.15) is 37.6 Å². The van der Waals surface area contributed by atoms with Gasteiger partial charge in [0.25, 0.3) is 0 Å². The monoisotopic (exact) mass is 315 g/mol. The molecule has 0 radical (unpaired) electrons. The van der Waals surface area contributed by atoms with Crippen molar-refractivity contribution in [3.05, 3.63) is 23.8 Å². The Morgan fingerprint density at radius 3 is 2.57 bits per heavy atom. The fraction of sp³-hybridized carbons (Fsp3) is 0.500. The normalized spacial score (nSPS) is 11.6. The number of carbonyl (C=O) groups is 1. The maximum atomic E-state index is 12.1. The van der Waals surface area contributed by atoms with Gasteiger partial charge in [-0.1, -0.05) is 13.8 Å². The number of hydrogen-bond donors (Lipinski definition) is 2. The Hall–Kier alpha value is -1.60. The summed E-state index contributed by atoms with van der Waals surface area (Å²) in [5.74, 6) is -0.688. The van der Waals surface area contributed by atoms with Crippen LogP contribution >= 0.6 is 0 Å². The number of nitrogens with one attached hydrogen (secondary N) is 1. The van der Waals surface area contributed by atoms with E-state index in [1.165, 1.54) is 12.1 Å². The molecule has 1 aromatic carbocycles. The van der Waals surface area contributed by atoms with E-state index in [4.69, 9.17) is 9.84 Å². The molecule has 0 saturated carbocycles. The Kier molecular flexibility index (Phi) is 6.17. The lowest BCUT2D eigenvalue weighted by atomic mass is 10.1. The van der Waals surface area contributed by atoms with E-state index in [-0.39, 0.29) is 16.2 Å². The Morgan fingerprint density at radius 1 is 1.38 bits per heavy atom. The van der Waals surface area contributed by atoms with Crippen molar-refractivity contribution in [1.82, 2.24) is 4.72 Å². The minimum Gasteiger partial charge on any atom is -0.493 e. The highest BCUT2D eigenvalue weighted by molar-refractivity contribution is 7.89. The summed E-state index contributed by atoms with van der Waals surface area (Å²) in [6, 6.07) is 3.82. The van der Waals surface area contributed by atoms with Gasteiger partial charge in [0.1, 0.15) is 11.3 Å². The molecule has 0 saturated heterocycles. The molecule has 0 aliphatic carbocycles. The molecule has 118 valence electrons. The number of benzene rings is 1. The predicted molar refractivity (Wildman–Crippen MR) is 79.2 cm³/mol. The predicted octanol–water partition coefficient (Wildman–Crippen LogP) is 2.11. The van der Waals surface area contributed by atoms with Crippen molar-refractivity contribution in [2.75, 3.05) is 13.2 Å². The average Bonchev–Trinajstić information content (AvgIpc) is 2.38. The number of ether oxygens (including phenoxy) is 1. The second-order valence-electron chi connectivity index (χ2n) is 4.98. The molecule has 0 aromatic heterocycles. The van der Waals surface area contributed by atoms with Crippen LogP contribution < -0.4 is 9.46 Å². The van der Waals surface area contributed by atoms with Gasteiger partial charge in [0, 0.05) is 6.54 Å². The SMILES string of the molecule is CCOc1ccc(S(=O)(=O)NCCC(C)C)cc1C(=O)O. The zero-order valence-corrected chi connectivity index (χ0v) is 13.2. The lowest BCUT2D eigenvalue weighted by Crippen LogP contribution is -2.26. The van der Waals surface area contributed by atoms with Crippen molar-refractivity contribution in [3.63, 3.8) is 0 Å². The first kappa shape index (κ1) is 17.5.